The molecule has 0 aliphatic carbocycles. The molecule has 148 valence electrons. The molecule has 6 heteroatoms. The topological polar surface area (TPSA) is 70.2 Å². The van der Waals surface area contributed by atoms with Crippen LogP contribution < -0.4 is 10.6 Å². The second kappa shape index (κ2) is 9.30. The zero-order valence-electron chi connectivity index (χ0n) is 16.3. The van der Waals surface area contributed by atoms with Crippen molar-refractivity contribution in [1.82, 2.24) is 20.2 Å². The van der Waals surface area contributed by atoms with Crippen LogP contribution in [0, 0.1) is 0 Å². The van der Waals surface area contributed by atoms with E-state index in [9.17, 15) is 4.79 Å². The lowest BCUT2D eigenvalue weighted by atomic mass is 10.1. The third kappa shape index (κ3) is 5.18. The highest BCUT2D eigenvalue weighted by atomic mass is 16.1. The first kappa shape index (κ1) is 19.1. The molecule has 0 bridgehead atoms. The molecule has 1 fully saturated rings. The van der Waals surface area contributed by atoms with Gasteiger partial charge in [-0.15, -0.1) is 0 Å². The maximum absolute atomic E-state index is 12.7. The van der Waals surface area contributed by atoms with Crippen molar-refractivity contribution < 1.29 is 4.79 Å². The second-order valence-corrected chi connectivity index (χ2v) is 7.21. The minimum atomic E-state index is -0.0985. The van der Waals surface area contributed by atoms with Crippen LogP contribution >= 0.6 is 0 Å². The van der Waals surface area contributed by atoms with Gasteiger partial charge in [0.1, 0.15) is 0 Å². The van der Waals surface area contributed by atoms with Crippen LogP contribution in [-0.2, 0) is 13.1 Å². The highest BCUT2D eigenvalue weighted by Crippen LogP contribution is 2.17. The van der Waals surface area contributed by atoms with Gasteiger partial charge in [-0.3, -0.25) is 9.69 Å². The first-order valence-electron chi connectivity index (χ1n) is 9.99. The number of hydrogen-bond acceptors (Lipinski definition) is 5. The van der Waals surface area contributed by atoms with Gasteiger partial charge in [0.05, 0.1) is 0 Å². The summed E-state index contributed by atoms with van der Waals surface area (Å²) in [6.07, 6.45) is 5.89. The van der Waals surface area contributed by atoms with Crippen LogP contribution in [0.1, 0.15) is 34.3 Å². The number of anilines is 2. The summed E-state index contributed by atoms with van der Waals surface area (Å²) in [5.74, 6) is 0.402. The molecule has 29 heavy (non-hydrogen) atoms. The molecule has 1 amide bonds. The monoisotopic (exact) mass is 387 g/mol. The van der Waals surface area contributed by atoms with Gasteiger partial charge in [-0.1, -0.05) is 30.3 Å². The van der Waals surface area contributed by atoms with Crippen LogP contribution in [0.4, 0.5) is 11.6 Å². The number of aromatic nitrogens is 2. The van der Waals surface area contributed by atoms with Crippen molar-refractivity contribution >= 4 is 17.5 Å². The number of nitrogens with one attached hydrogen (secondary N) is 2. The smallest absolute Gasteiger partial charge is 0.251 e. The number of likely N-dealkylation sites (tertiary alicyclic amines) is 1. The maximum atomic E-state index is 12.7. The number of amides is 1. The van der Waals surface area contributed by atoms with Crippen molar-refractivity contribution in [2.75, 3.05) is 18.4 Å². The van der Waals surface area contributed by atoms with Crippen molar-refractivity contribution in [2.24, 2.45) is 0 Å². The molecule has 1 saturated heterocycles. The van der Waals surface area contributed by atoms with E-state index in [1.807, 2.05) is 30.3 Å². The zero-order chi connectivity index (χ0) is 19.9. The number of rotatable bonds is 7. The molecule has 0 radical (unpaired) electrons. The lowest BCUT2D eigenvalue weighted by Gasteiger charge is -2.17. The van der Waals surface area contributed by atoms with Crippen molar-refractivity contribution in [3.05, 3.63) is 83.7 Å². The molecular weight excluding hydrogens is 362 g/mol. The molecule has 6 nitrogen and oxygen atoms in total. The summed E-state index contributed by atoms with van der Waals surface area (Å²) in [5.41, 5.74) is 3.83. The predicted octanol–water partition coefficient (Wildman–Crippen LogP) is 3.75. The third-order valence-corrected chi connectivity index (χ3v) is 5.10. The van der Waals surface area contributed by atoms with Crippen LogP contribution in [0.2, 0.25) is 0 Å². The molecule has 0 atom stereocenters. The molecule has 1 aliphatic rings. The summed E-state index contributed by atoms with van der Waals surface area (Å²) < 4.78 is 0. The van der Waals surface area contributed by atoms with E-state index in [0.717, 1.165) is 25.3 Å². The summed E-state index contributed by atoms with van der Waals surface area (Å²) in [6, 6.07) is 17.5. The Kier molecular flexibility index (Phi) is 6.12. The van der Waals surface area contributed by atoms with Crippen molar-refractivity contribution in [1.29, 1.82) is 0 Å². The van der Waals surface area contributed by atoms with Crippen LogP contribution in [0.25, 0.3) is 0 Å². The Labute approximate surface area is 171 Å². The molecule has 2 heterocycles. The fourth-order valence-electron chi connectivity index (χ4n) is 3.57. The predicted molar refractivity (Wildman–Crippen MR) is 114 cm³/mol. The highest BCUT2D eigenvalue weighted by Gasteiger charge is 2.14. The Bertz CT molecular complexity index is 954. The second-order valence-electron chi connectivity index (χ2n) is 7.21. The van der Waals surface area contributed by atoms with Gasteiger partial charge in [-0.25, -0.2) is 9.97 Å². The van der Waals surface area contributed by atoms with Crippen LogP contribution in [0.5, 0.6) is 0 Å². The van der Waals surface area contributed by atoms with E-state index in [0.29, 0.717) is 18.1 Å². The molecule has 1 aromatic heterocycles. The quantitative estimate of drug-likeness (QED) is 0.646. The summed E-state index contributed by atoms with van der Waals surface area (Å²) >= 11 is 0. The van der Waals surface area contributed by atoms with E-state index in [1.54, 1.807) is 18.5 Å². The molecule has 0 unspecified atom stereocenters. The molecular formula is C23H25N5O. The van der Waals surface area contributed by atoms with E-state index in [-0.39, 0.29) is 5.91 Å². The zero-order valence-corrected chi connectivity index (χ0v) is 16.3. The van der Waals surface area contributed by atoms with Gasteiger partial charge in [-0.2, -0.15) is 0 Å². The van der Waals surface area contributed by atoms with E-state index >= 15 is 0 Å². The summed E-state index contributed by atoms with van der Waals surface area (Å²) in [7, 11) is 0. The molecule has 0 spiro atoms. The number of carbonyl (C=O) groups is 1. The van der Waals surface area contributed by atoms with Crippen molar-refractivity contribution in [3.8, 4) is 0 Å². The Hall–Kier alpha value is -3.25. The Morgan fingerprint density at radius 2 is 1.69 bits per heavy atom. The van der Waals surface area contributed by atoms with Gasteiger partial charge in [0.15, 0.2) is 0 Å². The number of benzene rings is 2. The first-order valence-corrected chi connectivity index (χ1v) is 9.99. The van der Waals surface area contributed by atoms with E-state index in [1.165, 1.54) is 24.0 Å². The molecule has 4 rings (SSSR count). The van der Waals surface area contributed by atoms with Gasteiger partial charge >= 0.3 is 0 Å². The minimum Gasteiger partial charge on any atom is -0.348 e. The molecule has 3 aromatic rings. The van der Waals surface area contributed by atoms with Gasteiger partial charge in [0.25, 0.3) is 5.91 Å². The molecule has 2 N–H and O–H groups in total. The van der Waals surface area contributed by atoms with E-state index in [2.05, 4.69) is 43.7 Å². The number of carbonyl (C=O) groups excluding carboxylic acids is 1. The SMILES string of the molecule is O=C(NCc1ccccc1CN1CCCC1)c1cccc(Nc2ncccn2)c1. The average Bonchev–Trinajstić information content (AvgIpc) is 3.27. The van der Waals surface area contributed by atoms with Gasteiger partial charge in [-0.05, 0) is 61.3 Å². The lowest BCUT2D eigenvalue weighted by Crippen LogP contribution is -2.25. The fraction of sp³-hybridized carbons (Fsp3) is 0.261. The number of nitrogens with zero attached hydrogens (tertiary/aromatic N) is 3. The van der Waals surface area contributed by atoms with E-state index in [4.69, 9.17) is 0 Å². The lowest BCUT2D eigenvalue weighted by molar-refractivity contribution is 0.0951. The maximum Gasteiger partial charge on any atom is 0.251 e. The Morgan fingerprint density at radius 3 is 2.48 bits per heavy atom. The summed E-state index contributed by atoms with van der Waals surface area (Å²) in [5, 5.41) is 6.17. The standard InChI is InChI=1S/C23H25N5O/c29-22(18-9-5-10-21(15-18)27-23-24-11-6-12-25-23)26-16-19-7-1-2-8-20(19)17-28-13-3-4-14-28/h1-2,5-12,15H,3-4,13-14,16-17H2,(H,26,29)(H,24,25,27). The van der Waals surface area contributed by atoms with Crippen LogP contribution in [0.3, 0.4) is 0 Å². The van der Waals surface area contributed by atoms with Crippen LogP contribution in [0.15, 0.2) is 67.0 Å². The van der Waals surface area contributed by atoms with E-state index < -0.39 is 0 Å². The summed E-state index contributed by atoms with van der Waals surface area (Å²) in [6.45, 7) is 3.78. The van der Waals surface area contributed by atoms with Gasteiger partial charge in [0.2, 0.25) is 5.95 Å². The van der Waals surface area contributed by atoms with Crippen molar-refractivity contribution in [2.45, 2.75) is 25.9 Å². The van der Waals surface area contributed by atoms with Gasteiger partial charge in [0, 0.05) is 36.7 Å². The third-order valence-electron chi connectivity index (χ3n) is 5.10. The average molecular weight is 387 g/mol. The molecule has 1 aliphatic heterocycles. The Balaban J connectivity index is 1.39. The Morgan fingerprint density at radius 1 is 0.931 bits per heavy atom. The molecule has 2 aromatic carbocycles. The fourth-order valence-corrected chi connectivity index (χ4v) is 3.57. The number of hydrogen-bond donors (Lipinski definition) is 2. The highest BCUT2D eigenvalue weighted by molar-refractivity contribution is 5.95. The largest absolute Gasteiger partial charge is 0.348 e. The minimum absolute atomic E-state index is 0.0985. The molecule has 0 saturated carbocycles. The van der Waals surface area contributed by atoms with Crippen LogP contribution in [-0.4, -0.2) is 33.9 Å². The summed E-state index contributed by atoms with van der Waals surface area (Å²) in [4.78, 5) is 23.5. The van der Waals surface area contributed by atoms with Gasteiger partial charge < -0.3 is 10.6 Å². The van der Waals surface area contributed by atoms with Crippen molar-refractivity contribution in [3.63, 3.8) is 0 Å². The first-order chi connectivity index (χ1) is 14.3. The normalized spacial score (nSPS) is 13.9.